The van der Waals surface area contributed by atoms with Crippen LogP contribution in [0.25, 0.3) is 0 Å². The second-order valence-corrected chi connectivity index (χ2v) is 8.27. The van der Waals surface area contributed by atoms with Crippen molar-refractivity contribution >= 4 is 35.3 Å². The zero-order valence-corrected chi connectivity index (χ0v) is 15.6. The van der Waals surface area contributed by atoms with Crippen LogP contribution in [0.3, 0.4) is 0 Å². The van der Waals surface area contributed by atoms with Crippen LogP contribution in [0.2, 0.25) is 0 Å². The summed E-state index contributed by atoms with van der Waals surface area (Å²) in [5.41, 5.74) is -0.245. The summed E-state index contributed by atoms with van der Waals surface area (Å²) in [7, 11) is 0. The van der Waals surface area contributed by atoms with Crippen molar-refractivity contribution in [3.8, 4) is 0 Å². The van der Waals surface area contributed by atoms with Crippen molar-refractivity contribution in [2.45, 2.75) is 49.0 Å². The van der Waals surface area contributed by atoms with Crippen LogP contribution in [0.15, 0.2) is 4.99 Å². The predicted molar refractivity (Wildman–Crippen MR) is 101 cm³/mol. The number of amides is 1. The number of aliphatic imine (C=N–C) groups is 1. The van der Waals surface area contributed by atoms with Gasteiger partial charge in [0.15, 0.2) is 0 Å². The number of carbonyl (C=O) groups excluding carboxylic acids is 1. The number of aliphatic hydroxyl groups is 1. The summed E-state index contributed by atoms with van der Waals surface area (Å²) >= 11 is 1.15. The first-order chi connectivity index (χ1) is 15.0. The normalized spacial score (nSPS) is 36.9. The molecule has 0 aromatic rings. The van der Waals surface area contributed by atoms with Crippen LogP contribution in [0, 0.1) is 11.8 Å². The second kappa shape index (κ2) is 8.57. The van der Waals surface area contributed by atoms with Crippen LogP contribution in [0.1, 0.15) is 28.5 Å². The molecule has 2 aliphatic heterocycles. The first kappa shape index (κ1) is 14.4. The summed E-state index contributed by atoms with van der Waals surface area (Å²) in [5.74, 6) is -5.60. The number of aliphatic hydroxyl groups excluding tert-OH is 1. The highest BCUT2D eigenvalue weighted by Crippen LogP contribution is 2.39. The van der Waals surface area contributed by atoms with Crippen LogP contribution in [0.5, 0.6) is 0 Å². The Hall–Kier alpha value is -1.65. The number of carboxylic acid groups (broad SMARTS) is 2. The Bertz CT molecular complexity index is 806. The van der Waals surface area contributed by atoms with Crippen LogP contribution < -0.4 is 5.32 Å². The van der Waals surface area contributed by atoms with Crippen molar-refractivity contribution in [2.24, 2.45) is 16.8 Å². The van der Waals surface area contributed by atoms with Gasteiger partial charge in [-0.25, -0.2) is 4.79 Å². The molecule has 1 saturated heterocycles. The molecule has 2 rings (SSSR count). The molecule has 9 nitrogen and oxygen atoms in total. The molecule has 0 aliphatic carbocycles. The number of rotatable bonds is 7. The van der Waals surface area contributed by atoms with E-state index in [1.54, 1.807) is 6.92 Å². The molecular weight excluding hydrogens is 374 g/mol. The average Bonchev–Trinajstić information content (AvgIpc) is 3.19. The predicted octanol–water partition coefficient (Wildman–Crippen LogP) is -0.468. The Morgan fingerprint density at radius 2 is 2.04 bits per heavy atom. The van der Waals surface area contributed by atoms with Crippen molar-refractivity contribution in [2.75, 3.05) is 20.5 Å². The van der Waals surface area contributed by atoms with Gasteiger partial charge in [-0.05, 0) is 19.3 Å². The lowest BCUT2D eigenvalue weighted by Gasteiger charge is -2.27. The maximum Gasteiger partial charge on any atom is 0.350 e. The van der Waals surface area contributed by atoms with Crippen molar-refractivity contribution in [1.82, 2.24) is 10.2 Å². The van der Waals surface area contributed by atoms with E-state index >= 15 is 0 Å². The molecule has 0 aromatic heterocycles. The van der Waals surface area contributed by atoms with Crippen LogP contribution >= 0.6 is 11.8 Å². The van der Waals surface area contributed by atoms with Crippen LogP contribution in [0.4, 0.5) is 0 Å². The van der Waals surface area contributed by atoms with E-state index in [-0.39, 0.29) is 28.8 Å². The lowest BCUT2D eigenvalue weighted by Crippen LogP contribution is -2.40. The van der Waals surface area contributed by atoms with Crippen molar-refractivity contribution in [3.05, 3.63) is 0 Å². The maximum absolute atomic E-state index is 12.7. The van der Waals surface area contributed by atoms with E-state index in [1.165, 1.54) is 6.92 Å². The fourth-order valence-electron chi connectivity index (χ4n) is 3.55. The molecule has 0 bridgehead atoms. The zero-order chi connectivity index (χ0) is 25.5. The van der Waals surface area contributed by atoms with Gasteiger partial charge in [0.05, 0.1) is 23.4 Å². The number of carboxylic acids is 2. The second-order valence-electron chi connectivity index (χ2n) is 6.82. The quantitative estimate of drug-likeness (QED) is 0.444. The van der Waals surface area contributed by atoms with Crippen molar-refractivity contribution in [3.63, 3.8) is 0 Å². The van der Waals surface area contributed by atoms with Crippen molar-refractivity contribution < 1.29 is 37.9 Å². The summed E-state index contributed by atoms with van der Waals surface area (Å²) in [6.45, 7) is -3.23. The van der Waals surface area contributed by atoms with Gasteiger partial charge in [0.1, 0.15) is 11.6 Å². The number of carbonyl (C=O) groups is 3. The van der Waals surface area contributed by atoms with Gasteiger partial charge >= 0.3 is 11.9 Å². The molecule has 7 atom stereocenters. The number of thioether (sulfide) groups is 1. The zero-order valence-electron chi connectivity index (χ0n) is 20.8. The van der Waals surface area contributed by atoms with E-state index in [0.29, 0.717) is 0 Å². The molecule has 0 saturated carbocycles. The molecule has 2 heterocycles. The monoisotopic (exact) mass is 407 g/mol. The molecule has 2 aliphatic rings. The van der Waals surface area contributed by atoms with Gasteiger partial charge < -0.3 is 25.5 Å². The van der Waals surface area contributed by atoms with Gasteiger partial charge in [-0.2, -0.15) is 0 Å². The minimum Gasteiger partial charge on any atom is -0.481 e. The summed E-state index contributed by atoms with van der Waals surface area (Å²) in [4.78, 5) is 40.0. The Morgan fingerprint density at radius 1 is 1.37 bits per heavy atom. The first-order valence-electron chi connectivity index (χ1n) is 11.4. The lowest BCUT2D eigenvalue weighted by molar-refractivity contribution is -0.146. The standard InChI is InChI=1S/C17H27N3O6S/c1-7-12(11(8(2)21)16(23)24)19-13(17(25)26)14(7)27-9-5-10(18-6-9)15(22)20(3)4/h7-12,14,18,21H,5-6H2,1-4H3,(H,23,24)(H,25,26)/t7-,8-,9+,10+,11-,12?,14+/m1/s1/i3D3,4D3. The molecule has 27 heavy (non-hydrogen) atoms. The molecule has 4 N–H and O–H groups in total. The third-order valence-electron chi connectivity index (χ3n) is 4.91. The largest absolute Gasteiger partial charge is 0.481 e. The topological polar surface area (TPSA) is 140 Å². The molecule has 0 radical (unpaired) electrons. The molecular formula is C17H27N3O6S. The molecule has 10 heteroatoms. The molecule has 1 fully saturated rings. The molecule has 1 amide bonds. The van der Waals surface area contributed by atoms with Crippen molar-refractivity contribution in [1.29, 1.82) is 0 Å². The molecule has 152 valence electrons. The highest BCUT2D eigenvalue weighted by Gasteiger charge is 2.48. The maximum atomic E-state index is 12.7. The van der Waals surface area contributed by atoms with E-state index in [0.717, 1.165) is 11.8 Å². The van der Waals surface area contributed by atoms with E-state index in [4.69, 9.17) is 8.22 Å². The summed E-state index contributed by atoms with van der Waals surface area (Å²) in [6, 6.07) is -2.06. The van der Waals surface area contributed by atoms with Crippen LogP contribution in [-0.4, -0.2) is 93.0 Å². The minimum absolute atomic E-state index is 0.0473. The Kier molecular flexibility index (Phi) is 4.56. The Balaban J connectivity index is 2.18. The SMILES string of the molecule is [2H]C([2H])([2H])N(C(=O)[C@@H]1C[C@H](S[C@@H]2C(C(=O)O)=NC([C@H](C(=O)O)[C@@H](C)O)[C@H]2C)CN1)C([2H])([2H])[2H]. The van der Waals surface area contributed by atoms with E-state index < -0.39 is 67.1 Å². The van der Waals surface area contributed by atoms with Gasteiger partial charge in [0.25, 0.3) is 0 Å². The van der Waals surface area contributed by atoms with Gasteiger partial charge in [-0.3, -0.25) is 14.6 Å². The smallest absolute Gasteiger partial charge is 0.350 e. The number of hydrogen-bond acceptors (Lipinski definition) is 7. The third kappa shape index (κ3) is 4.61. The van der Waals surface area contributed by atoms with E-state index in [9.17, 15) is 29.7 Å². The molecule has 1 unspecified atom stereocenters. The fraction of sp³-hybridized carbons (Fsp3) is 0.765. The molecule has 0 aromatic carbocycles. The number of hydrogen-bond donors (Lipinski definition) is 4. The van der Waals surface area contributed by atoms with Gasteiger partial charge in [-0.15, -0.1) is 11.8 Å². The van der Waals surface area contributed by atoms with E-state index in [1.807, 2.05) is 0 Å². The first-order valence-corrected chi connectivity index (χ1v) is 9.36. The highest BCUT2D eigenvalue weighted by molar-refractivity contribution is 8.01. The average molecular weight is 408 g/mol. The Morgan fingerprint density at radius 3 is 2.56 bits per heavy atom. The highest BCUT2D eigenvalue weighted by atomic mass is 32.2. The summed E-state index contributed by atoms with van der Waals surface area (Å²) in [6.07, 6.45) is -1.22. The number of nitrogens with zero attached hydrogens (tertiary/aromatic N) is 2. The van der Waals surface area contributed by atoms with Gasteiger partial charge in [0.2, 0.25) is 5.91 Å². The molecule has 0 spiro atoms. The number of likely N-dealkylation sites (N-methyl/N-ethyl adjacent to an activating group) is 1. The lowest BCUT2D eigenvalue weighted by atomic mass is 9.86. The third-order valence-corrected chi connectivity index (χ3v) is 6.60. The summed E-state index contributed by atoms with van der Waals surface area (Å²) in [5, 5.41) is 30.6. The summed E-state index contributed by atoms with van der Waals surface area (Å²) < 4.78 is 44.4. The van der Waals surface area contributed by atoms with Gasteiger partial charge in [-0.1, -0.05) is 6.92 Å². The van der Waals surface area contributed by atoms with E-state index in [2.05, 4.69) is 10.3 Å². The van der Waals surface area contributed by atoms with Gasteiger partial charge in [0, 0.05) is 34.0 Å². The number of nitrogens with one attached hydrogen (secondary N) is 1. The Labute approximate surface area is 170 Å². The minimum atomic E-state index is -3.17. The van der Waals surface area contributed by atoms with Crippen LogP contribution in [-0.2, 0) is 14.4 Å². The number of aliphatic carboxylic acids is 2. The fourth-order valence-corrected chi connectivity index (χ4v) is 5.16.